The maximum absolute atomic E-state index is 12.8. The van der Waals surface area contributed by atoms with Crippen LogP contribution < -0.4 is 5.63 Å². The van der Waals surface area contributed by atoms with E-state index in [0.717, 1.165) is 12.8 Å². The van der Waals surface area contributed by atoms with E-state index in [4.69, 9.17) is 20.8 Å². The van der Waals surface area contributed by atoms with E-state index in [-0.39, 0.29) is 35.9 Å². The van der Waals surface area contributed by atoms with Gasteiger partial charge in [0.25, 0.3) is 11.8 Å². The summed E-state index contributed by atoms with van der Waals surface area (Å²) in [6.45, 7) is 0.887. The molecule has 2 aromatic carbocycles. The average molecular weight is 411 g/mol. The number of nitrogens with zero attached hydrogens (tertiary/aromatic N) is 2. The number of imide groups is 1. The van der Waals surface area contributed by atoms with Crippen molar-refractivity contribution in [3.8, 4) is 11.5 Å². The number of amides is 2. The zero-order valence-corrected chi connectivity index (χ0v) is 15.9. The van der Waals surface area contributed by atoms with Crippen molar-refractivity contribution < 1.29 is 18.7 Å². The van der Waals surface area contributed by atoms with Gasteiger partial charge < -0.3 is 9.15 Å². The molecule has 1 saturated heterocycles. The Morgan fingerprint density at radius 1 is 1.07 bits per heavy atom. The van der Waals surface area contributed by atoms with Crippen molar-refractivity contribution in [2.75, 3.05) is 13.2 Å². The third-order valence-electron chi connectivity index (χ3n) is 5.22. The van der Waals surface area contributed by atoms with E-state index in [1.54, 1.807) is 30.3 Å². The SMILES string of the molecule is O=C1c2ccc(-c3nc4cc(Cl)ccc4c(=O)o3)cc2C(=O)N1CC1CCCO1. The Labute approximate surface area is 169 Å². The molecule has 0 bridgehead atoms. The summed E-state index contributed by atoms with van der Waals surface area (Å²) in [5, 5.41) is 0.759. The first-order valence-electron chi connectivity index (χ1n) is 9.24. The molecule has 0 radical (unpaired) electrons. The topological polar surface area (TPSA) is 89.7 Å². The van der Waals surface area contributed by atoms with Gasteiger partial charge in [0, 0.05) is 17.2 Å². The average Bonchev–Trinajstić information content (AvgIpc) is 3.30. The fourth-order valence-corrected chi connectivity index (χ4v) is 3.92. The highest BCUT2D eigenvalue weighted by atomic mass is 35.5. The van der Waals surface area contributed by atoms with Gasteiger partial charge in [0.05, 0.1) is 34.7 Å². The lowest BCUT2D eigenvalue weighted by atomic mass is 10.1. The molecule has 2 amide bonds. The molecule has 8 heteroatoms. The molecule has 2 aliphatic rings. The summed E-state index contributed by atoms with van der Waals surface area (Å²) < 4.78 is 10.9. The fourth-order valence-electron chi connectivity index (χ4n) is 3.75. The number of aromatic nitrogens is 1. The number of benzene rings is 2. The Morgan fingerprint density at radius 2 is 1.90 bits per heavy atom. The molecule has 0 N–H and O–H groups in total. The van der Waals surface area contributed by atoms with Gasteiger partial charge in [0.15, 0.2) is 0 Å². The first-order valence-corrected chi connectivity index (χ1v) is 9.62. The van der Waals surface area contributed by atoms with Crippen molar-refractivity contribution in [1.29, 1.82) is 0 Å². The molecule has 5 rings (SSSR count). The predicted octanol–water partition coefficient (Wildman–Crippen LogP) is 3.28. The standard InChI is InChI=1S/C21H15ClN2O5/c22-12-4-6-15-17(9-12)23-18(29-21(15)27)11-3-5-14-16(8-11)20(26)24(19(14)25)10-13-2-1-7-28-13/h3-6,8-9,13H,1-2,7,10H2. The fraction of sp³-hybridized carbons (Fsp3) is 0.238. The van der Waals surface area contributed by atoms with Crippen molar-refractivity contribution in [2.45, 2.75) is 18.9 Å². The highest BCUT2D eigenvalue weighted by Gasteiger charge is 2.37. The van der Waals surface area contributed by atoms with Crippen molar-refractivity contribution in [3.63, 3.8) is 0 Å². The molecule has 3 heterocycles. The van der Waals surface area contributed by atoms with E-state index in [9.17, 15) is 14.4 Å². The van der Waals surface area contributed by atoms with Crippen LogP contribution in [0.5, 0.6) is 0 Å². The molecular formula is C21H15ClN2O5. The van der Waals surface area contributed by atoms with E-state index in [2.05, 4.69) is 4.98 Å². The number of fused-ring (bicyclic) bond motifs is 2. The first kappa shape index (κ1) is 18.0. The summed E-state index contributed by atoms with van der Waals surface area (Å²) in [5.41, 5.74) is 0.864. The monoisotopic (exact) mass is 410 g/mol. The van der Waals surface area contributed by atoms with Crippen LogP contribution in [-0.4, -0.2) is 41.0 Å². The molecule has 1 atom stereocenters. The van der Waals surface area contributed by atoms with E-state index in [1.807, 2.05) is 0 Å². The zero-order valence-electron chi connectivity index (χ0n) is 15.2. The molecule has 146 valence electrons. The number of rotatable bonds is 3. The van der Waals surface area contributed by atoms with Crippen molar-refractivity contribution >= 4 is 34.3 Å². The van der Waals surface area contributed by atoms with Gasteiger partial charge in [-0.3, -0.25) is 14.5 Å². The Kier molecular flexibility index (Phi) is 4.22. The molecule has 0 spiro atoms. The maximum atomic E-state index is 12.8. The van der Waals surface area contributed by atoms with Crippen LogP contribution in [0.4, 0.5) is 0 Å². The van der Waals surface area contributed by atoms with Crippen molar-refractivity contribution in [2.24, 2.45) is 0 Å². The summed E-state index contributed by atoms with van der Waals surface area (Å²) in [6, 6.07) is 9.42. The summed E-state index contributed by atoms with van der Waals surface area (Å²) >= 11 is 6.00. The van der Waals surface area contributed by atoms with Gasteiger partial charge in [-0.1, -0.05) is 11.6 Å². The second-order valence-electron chi connectivity index (χ2n) is 7.08. The molecule has 1 fully saturated rings. The van der Waals surface area contributed by atoms with Crippen LogP contribution in [0, 0.1) is 0 Å². The molecule has 0 aliphatic carbocycles. The van der Waals surface area contributed by atoms with Gasteiger partial charge in [-0.2, -0.15) is 0 Å². The van der Waals surface area contributed by atoms with Crippen molar-refractivity contribution in [1.82, 2.24) is 9.88 Å². The maximum Gasteiger partial charge on any atom is 0.347 e. The number of carbonyl (C=O) groups excluding carboxylic acids is 2. The van der Waals surface area contributed by atoms with Crippen LogP contribution in [0.3, 0.4) is 0 Å². The Bertz CT molecular complexity index is 1230. The van der Waals surface area contributed by atoms with Crippen LogP contribution in [0.1, 0.15) is 33.6 Å². The predicted molar refractivity (Wildman–Crippen MR) is 105 cm³/mol. The van der Waals surface area contributed by atoms with Gasteiger partial charge in [-0.25, -0.2) is 9.78 Å². The van der Waals surface area contributed by atoms with Gasteiger partial charge in [0.1, 0.15) is 0 Å². The summed E-state index contributed by atoms with van der Waals surface area (Å²) in [5.74, 6) is -0.661. The van der Waals surface area contributed by atoms with Gasteiger partial charge in [-0.15, -0.1) is 0 Å². The van der Waals surface area contributed by atoms with Crippen LogP contribution in [0.15, 0.2) is 45.6 Å². The first-order chi connectivity index (χ1) is 14.0. The Balaban J connectivity index is 1.53. The summed E-state index contributed by atoms with van der Waals surface area (Å²) in [7, 11) is 0. The minimum absolute atomic E-state index is 0.0605. The lowest BCUT2D eigenvalue weighted by Gasteiger charge is -2.17. The minimum atomic E-state index is -0.551. The zero-order chi connectivity index (χ0) is 20.1. The van der Waals surface area contributed by atoms with E-state index in [1.165, 1.54) is 11.0 Å². The number of halogens is 1. The molecule has 2 aliphatic heterocycles. The molecule has 29 heavy (non-hydrogen) atoms. The molecule has 0 saturated carbocycles. The normalized spacial score (nSPS) is 18.7. The largest absolute Gasteiger partial charge is 0.403 e. The highest BCUT2D eigenvalue weighted by Crippen LogP contribution is 2.29. The second-order valence-corrected chi connectivity index (χ2v) is 7.52. The number of hydrogen-bond donors (Lipinski definition) is 0. The molecule has 3 aromatic rings. The van der Waals surface area contributed by atoms with Gasteiger partial charge in [0.2, 0.25) is 5.89 Å². The summed E-state index contributed by atoms with van der Waals surface area (Å²) in [6.07, 6.45) is 1.63. The van der Waals surface area contributed by atoms with Crippen LogP contribution >= 0.6 is 11.6 Å². The van der Waals surface area contributed by atoms with Crippen LogP contribution in [0.2, 0.25) is 5.02 Å². The van der Waals surface area contributed by atoms with Gasteiger partial charge >= 0.3 is 5.63 Å². The minimum Gasteiger partial charge on any atom is -0.403 e. The lowest BCUT2D eigenvalue weighted by molar-refractivity contribution is 0.0475. The van der Waals surface area contributed by atoms with E-state index >= 15 is 0 Å². The Morgan fingerprint density at radius 3 is 2.69 bits per heavy atom. The van der Waals surface area contributed by atoms with Gasteiger partial charge in [-0.05, 0) is 49.2 Å². The molecule has 7 nitrogen and oxygen atoms in total. The van der Waals surface area contributed by atoms with Crippen molar-refractivity contribution in [3.05, 3.63) is 63.0 Å². The molecule has 1 aromatic heterocycles. The summed E-state index contributed by atoms with van der Waals surface area (Å²) in [4.78, 5) is 43.3. The smallest absolute Gasteiger partial charge is 0.347 e. The van der Waals surface area contributed by atoms with E-state index < -0.39 is 5.63 Å². The Hall–Kier alpha value is -3.03. The molecule has 1 unspecified atom stereocenters. The third kappa shape index (κ3) is 3.03. The molecular weight excluding hydrogens is 396 g/mol. The highest BCUT2D eigenvalue weighted by molar-refractivity contribution is 6.31. The second kappa shape index (κ2) is 6.79. The van der Waals surface area contributed by atoms with E-state index in [0.29, 0.717) is 33.7 Å². The number of carbonyl (C=O) groups is 2. The third-order valence-corrected chi connectivity index (χ3v) is 5.45. The van der Waals surface area contributed by atoms with Crippen LogP contribution in [0.25, 0.3) is 22.4 Å². The quantitative estimate of drug-likeness (QED) is 0.615. The number of ether oxygens (including phenoxy) is 1. The van der Waals surface area contributed by atoms with Crippen LogP contribution in [-0.2, 0) is 4.74 Å². The lowest BCUT2D eigenvalue weighted by Crippen LogP contribution is -2.36. The number of hydrogen-bond acceptors (Lipinski definition) is 6.